The minimum atomic E-state index is -6.86. The van der Waals surface area contributed by atoms with Crippen LogP contribution in [0.4, 0.5) is 79.0 Å². The molecule has 0 rings (SSSR count). The Morgan fingerprint density at radius 1 is 0.306 bits per heavy atom. The maximum Gasteiger partial charge on any atom is 0.460 e. The van der Waals surface area contributed by atoms with Gasteiger partial charge in [-0.15, -0.1) is 0 Å². The summed E-state index contributed by atoms with van der Waals surface area (Å²) < 4.78 is 232. The van der Waals surface area contributed by atoms with E-state index in [4.69, 9.17) is 0 Å². The van der Waals surface area contributed by atoms with Crippen LogP contribution in [0.15, 0.2) is 0 Å². The van der Waals surface area contributed by atoms with Crippen molar-refractivity contribution in [2.75, 3.05) is 0 Å². The molecule has 0 spiro atoms. The van der Waals surface area contributed by atoms with Gasteiger partial charge < -0.3 is 0 Å². The Labute approximate surface area is 275 Å². The third kappa shape index (κ3) is 13.7. The second-order valence-electron chi connectivity index (χ2n) is 12.7. The van der Waals surface area contributed by atoms with Crippen LogP contribution in [0.1, 0.15) is 142 Å². The van der Waals surface area contributed by atoms with E-state index in [0.717, 1.165) is 57.8 Å². The van der Waals surface area contributed by atoms with Gasteiger partial charge in [0.05, 0.1) is 0 Å². The summed E-state index contributed by atoms with van der Waals surface area (Å²) in [5.74, 6) is -37.4. The van der Waals surface area contributed by atoms with Crippen molar-refractivity contribution < 1.29 is 79.0 Å². The van der Waals surface area contributed by atoms with Gasteiger partial charge in [-0.2, -0.15) is 79.0 Å². The minimum absolute atomic E-state index is 0.0281. The van der Waals surface area contributed by atoms with Crippen LogP contribution in [0.2, 0.25) is 0 Å². The molecule has 18 heteroatoms. The van der Waals surface area contributed by atoms with Gasteiger partial charge in [0.15, 0.2) is 0 Å². The van der Waals surface area contributed by atoms with Gasteiger partial charge in [-0.25, -0.2) is 0 Å². The zero-order valence-corrected chi connectivity index (χ0v) is 27.2. The van der Waals surface area contributed by atoms with Crippen molar-refractivity contribution in [3.8, 4) is 0 Å². The Kier molecular flexibility index (Phi) is 19.0. The first-order valence-corrected chi connectivity index (χ1v) is 16.5. The van der Waals surface area contributed by atoms with Crippen LogP contribution in [-0.2, 0) is 0 Å². The highest BCUT2D eigenvalue weighted by atomic mass is 19.4. The van der Waals surface area contributed by atoms with Crippen LogP contribution < -0.4 is 0 Å². The molecule has 296 valence electrons. The molecule has 0 aliphatic heterocycles. The molecule has 0 unspecified atom stereocenters. The van der Waals surface area contributed by atoms with Crippen LogP contribution in [-0.4, -0.2) is 47.9 Å². The Morgan fingerprint density at radius 2 is 0.531 bits per heavy atom. The molecule has 0 atom stereocenters. The van der Waals surface area contributed by atoms with Gasteiger partial charge in [-0.05, 0) is 18.8 Å². The highest BCUT2D eigenvalue weighted by Crippen LogP contribution is 2.55. The zero-order valence-electron chi connectivity index (χ0n) is 27.2. The summed E-state index contributed by atoms with van der Waals surface area (Å²) in [6.45, 7) is 2.04. The summed E-state index contributed by atoms with van der Waals surface area (Å²) >= 11 is 0. The number of alkyl halides is 18. The lowest BCUT2D eigenvalue weighted by Crippen LogP contribution is -2.60. The van der Waals surface area contributed by atoms with E-state index < -0.39 is 73.6 Å². The Balaban J connectivity index is 3.99. The monoisotopic (exact) mass is 760 g/mol. The van der Waals surface area contributed by atoms with Crippen LogP contribution in [0.25, 0.3) is 0 Å². The Bertz CT molecular complexity index is 822. The van der Waals surface area contributed by atoms with Gasteiger partial charge in [0.25, 0.3) is 0 Å². The largest absolute Gasteiger partial charge is 0.460 e. The van der Waals surface area contributed by atoms with Crippen molar-refractivity contribution in [3.05, 3.63) is 0 Å². The van der Waals surface area contributed by atoms with Crippen LogP contribution in [0.3, 0.4) is 0 Å². The molecule has 0 aromatic carbocycles. The SMILES string of the molecule is CCC(CCCCCCCCCCC(F)(F)C(F)(F)C(F)(F)C(F)(F)F)CCCCCCCCCCC(F)(F)C(F)(F)C(F)(F)C(F)(F)F. The molecule has 0 aromatic rings. The lowest BCUT2D eigenvalue weighted by Gasteiger charge is -2.33. The molecule has 0 radical (unpaired) electrons. The van der Waals surface area contributed by atoms with Crippen molar-refractivity contribution in [1.82, 2.24) is 0 Å². The van der Waals surface area contributed by atoms with E-state index in [1.54, 1.807) is 0 Å². The summed E-state index contributed by atoms with van der Waals surface area (Å²) in [5.41, 5.74) is 0. The molecule has 0 N–H and O–H groups in total. The summed E-state index contributed by atoms with van der Waals surface area (Å²) in [5, 5.41) is 0. The molecule has 0 heterocycles. The van der Waals surface area contributed by atoms with E-state index in [0.29, 0.717) is 44.4 Å². The standard InChI is InChI=1S/C31H46F18/c1-2-23(19-15-11-7-3-5-9-13-17-21-24(32,33)26(36,37)28(40,41)30(44,45)46)20-16-12-8-4-6-10-14-18-22-25(34,35)27(38,39)29(42,43)31(47,48)49/h23H,2-22H2,1H3. The number of hydrogen-bond acceptors (Lipinski definition) is 0. The lowest BCUT2D eigenvalue weighted by molar-refractivity contribution is -0.396. The Morgan fingerprint density at radius 3 is 0.755 bits per heavy atom. The molecular weight excluding hydrogens is 714 g/mol. The minimum Gasteiger partial charge on any atom is -0.200 e. The number of unbranched alkanes of at least 4 members (excludes halogenated alkanes) is 14. The molecule has 0 amide bonds. The van der Waals surface area contributed by atoms with Gasteiger partial charge in [-0.3, -0.25) is 0 Å². The summed E-state index contributed by atoms with van der Waals surface area (Å²) in [6, 6.07) is 0. The van der Waals surface area contributed by atoms with Crippen molar-refractivity contribution in [2.24, 2.45) is 5.92 Å². The average Bonchev–Trinajstić information content (AvgIpc) is 2.96. The van der Waals surface area contributed by atoms with Gasteiger partial charge in [0.1, 0.15) is 0 Å². The van der Waals surface area contributed by atoms with Crippen molar-refractivity contribution in [2.45, 2.75) is 190 Å². The molecule has 0 fully saturated rings. The number of rotatable bonds is 27. The summed E-state index contributed by atoms with van der Waals surface area (Å²) in [7, 11) is 0. The first-order chi connectivity index (χ1) is 22.1. The molecule has 0 aliphatic carbocycles. The molecule has 0 bridgehead atoms. The lowest BCUT2D eigenvalue weighted by atomic mass is 9.92. The highest BCUT2D eigenvalue weighted by molar-refractivity contribution is 5.01. The molecule has 0 nitrogen and oxygen atoms in total. The van der Waals surface area contributed by atoms with Crippen molar-refractivity contribution in [3.63, 3.8) is 0 Å². The second-order valence-corrected chi connectivity index (χ2v) is 12.7. The third-order valence-electron chi connectivity index (χ3n) is 8.70. The number of halogens is 18. The first kappa shape index (κ1) is 47.7. The number of hydrogen-bond donors (Lipinski definition) is 0. The smallest absolute Gasteiger partial charge is 0.200 e. The molecular formula is C31H46F18. The maximum atomic E-state index is 13.5. The fraction of sp³-hybridized carbons (Fsp3) is 1.00. The first-order valence-electron chi connectivity index (χ1n) is 16.5. The fourth-order valence-electron chi connectivity index (χ4n) is 5.36. The predicted octanol–water partition coefficient (Wildman–Crippen LogP) is 14.8. The van der Waals surface area contributed by atoms with Crippen LogP contribution in [0.5, 0.6) is 0 Å². The zero-order chi connectivity index (χ0) is 38.4. The Hall–Kier alpha value is -1.26. The third-order valence-corrected chi connectivity index (χ3v) is 8.70. The quantitative estimate of drug-likeness (QED) is 0.0578. The van der Waals surface area contributed by atoms with Gasteiger partial charge in [0.2, 0.25) is 0 Å². The molecule has 49 heavy (non-hydrogen) atoms. The molecule has 0 saturated heterocycles. The van der Waals surface area contributed by atoms with Gasteiger partial charge in [0, 0.05) is 12.8 Å². The van der Waals surface area contributed by atoms with E-state index >= 15 is 0 Å². The predicted molar refractivity (Wildman–Crippen MR) is 148 cm³/mol. The molecule has 0 aromatic heterocycles. The van der Waals surface area contributed by atoms with Crippen LogP contribution >= 0.6 is 0 Å². The molecule has 0 saturated carbocycles. The maximum absolute atomic E-state index is 13.5. The van der Waals surface area contributed by atoms with Crippen LogP contribution in [0, 0.1) is 5.92 Å². The van der Waals surface area contributed by atoms with Gasteiger partial charge >= 0.3 is 47.9 Å². The van der Waals surface area contributed by atoms with Gasteiger partial charge in [-0.1, -0.05) is 116 Å². The average molecular weight is 761 g/mol. The second kappa shape index (κ2) is 19.5. The van der Waals surface area contributed by atoms with E-state index in [1.807, 2.05) is 6.92 Å². The summed E-state index contributed by atoms with van der Waals surface area (Å²) in [4.78, 5) is 0. The fourth-order valence-corrected chi connectivity index (χ4v) is 5.36. The normalized spacial score (nSPS) is 14.7. The highest BCUT2D eigenvalue weighted by Gasteiger charge is 2.82. The van der Waals surface area contributed by atoms with E-state index in [1.165, 1.54) is 0 Å². The van der Waals surface area contributed by atoms with E-state index in [2.05, 4.69) is 0 Å². The van der Waals surface area contributed by atoms with E-state index in [-0.39, 0.29) is 12.8 Å². The molecule has 0 aliphatic rings. The van der Waals surface area contributed by atoms with Crippen molar-refractivity contribution in [1.29, 1.82) is 0 Å². The summed E-state index contributed by atoms with van der Waals surface area (Å²) in [6.07, 6.45) is -7.30. The van der Waals surface area contributed by atoms with Crippen molar-refractivity contribution >= 4 is 0 Å². The topological polar surface area (TPSA) is 0 Å². The van der Waals surface area contributed by atoms with E-state index in [9.17, 15) is 79.0 Å².